The molecule has 2 heterocycles. The quantitative estimate of drug-likeness (QED) is 0.827. The van der Waals surface area contributed by atoms with Crippen molar-refractivity contribution in [2.75, 3.05) is 33.4 Å². The molecule has 3 atom stereocenters. The predicted molar refractivity (Wildman–Crippen MR) is 86.8 cm³/mol. The molecule has 0 unspecified atom stereocenters. The summed E-state index contributed by atoms with van der Waals surface area (Å²) in [6, 6.07) is 7.59. The first-order chi connectivity index (χ1) is 11.1. The number of ether oxygens (including phenoxy) is 1. The van der Waals surface area contributed by atoms with E-state index in [4.69, 9.17) is 4.74 Å². The third-order valence-corrected chi connectivity index (χ3v) is 5.16. The third kappa shape index (κ3) is 2.88. The Morgan fingerprint density at radius 2 is 2.09 bits per heavy atom. The van der Waals surface area contributed by atoms with Crippen LogP contribution in [0.2, 0.25) is 0 Å². The highest BCUT2D eigenvalue weighted by atomic mass is 79.9. The summed E-state index contributed by atoms with van der Waals surface area (Å²) >= 11 is 3.41. The number of amides is 2. The maximum Gasteiger partial charge on any atom is 0.249 e. The lowest BCUT2D eigenvalue weighted by molar-refractivity contribution is -0.168. The Bertz CT molecular complexity index is 607. The average molecular weight is 383 g/mol. The lowest BCUT2D eigenvalue weighted by Crippen LogP contribution is -2.73. The Labute approximate surface area is 143 Å². The number of carbonyl (C=O) groups excluding carboxylic acids is 2. The monoisotopic (exact) mass is 382 g/mol. The first kappa shape index (κ1) is 16.4. The van der Waals surface area contributed by atoms with Gasteiger partial charge in [-0.15, -0.1) is 0 Å². The molecule has 0 saturated carbocycles. The van der Waals surface area contributed by atoms with Crippen molar-refractivity contribution in [3.05, 3.63) is 34.3 Å². The van der Waals surface area contributed by atoms with E-state index in [9.17, 15) is 14.7 Å². The normalized spacial score (nSPS) is 26.7. The minimum atomic E-state index is -0.214. The van der Waals surface area contributed by atoms with Crippen molar-refractivity contribution in [1.29, 1.82) is 0 Å². The number of benzene rings is 1. The molecule has 23 heavy (non-hydrogen) atoms. The van der Waals surface area contributed by atoms with Crippen LogP contribution in [0, 0.1) is 0 Å². The number of aliphatic hydroxyl groups excluding tert-OH is 1. The highest BCUT2D eigenvalue weighted by Crippen LogP contribution is 2.43. The van der Waals surface area contributed by atoms with E-state index in [2.05, 4.69) is 15.9 Å². The molecule has 2 aliphatic heterocycles. The Morgan fingerprint density at radius 3 is 2.70 bits per heavy atom. The predicted octanol–water partition coefficient (Wildman–Crippen LogP) is 0.593. The third-order valence-electron chi connectivity index (χ3n) is 4.63. The van der Waals surface area contributed by atoms with Crippen LogP contribution in [0.1, 0.15) is 11.5 Å². The van der Waals surface area contributed by atoms with Crippen molar-refractivity contribution in [3.63, 3.8) is 0 Å². The number of rotatable bonds is 4. The molecule has 124 valence electrons. The molecule has 6 nitrogen and oxygen atoms in total. The van der Waals surface area contributed by atoms with Crippen LogP contribution in [0.15, 0.2) is 28.7 Å². The van der Waals surface area contributed by atoms with Crippen molar-refractivity contribution < 1.29 is 19.4 Å². The van der Waals surface area contributed by atoms with Crippen molar-refractivity contribution in [2.45, 2.75) is 18.0 Å². The molecule has 1 N–H and O–H groups in total. The number of methoxy groups -OCH3 is 1. The first-order valence-electron chi connectivity index (χ1n) is 7.51. The number of halogens is 1. The van der Waals surface area contributed by atoms with Crippen molar-refractivity contribution in [1.82, 2.24) is 9.80 Å². The van der Waals surface area contributed by atoms with Crippen LogP contribution >= 0.6 is 15.9 Å². The molecule has 0 aromatic heterocycles. The SMILES string of the molecule is COCC(=O)N1CC(=O)N2[C@H](CO)[C@H](c3ccc(Br)cc3)[C@@H]2C1. The number of hydrogen-bond donors (Lipinski definition) is 1. The van der Waals surface area contributed by atoms with Gasteiger partial charge in [0.05, 0.1) is 25.2 Å². The highest BCUT2D eigenvalue weighted by molar-refractivity contribution is 9.10. The molecule has 0 aliphatic carbocycles. The summed E-state index contributed by atoms with van der Waals surface area (Å²) in [5.41, 5.74) is 1.07. The second-order valence-corrected chi connectivity index (χ2v) is 6.82. The van der Waals surface area contributed by atoms with Gasteiger partial charge in [-0.2, -0.15) is 0 Å². The van der Waals surface area contributed by atoms with Gasteiger partial charge in [0.25, 0.3) is 0 Å². The highest BCUT2D eigenvalue weighted by Gasteiger charge is 2.54. The number of aliphatic hydroxyl groups is 1. The average Bonchev–Trinajstić information content (AvgIpc) is 2.51. The second kappa shape index (κ2) is 6.59. The van der Waals surface area contributed by atoms with Gasteiger partial charge in [-0.05, 0) is 17.7 Å². The zero-order chi connectivity index (χ0) is 16.6. The van der Waals surface area contributed by atoms with Crippen LogP contribution in [0.25, 0.3) is 0 Å². The van der Waals surface area contributed by atoms with Crippen LogP contribution < -0.4 is 0 Å². The fourth-order valence-corrected chi connectivity index (χ4v) is 3.85. The number of piperazine rings is 1. The maximum absolute atomic E-state index is 12.3. The Morgan fingerprint density at radius 1 is 1.39 bits per heavy atom. The summed E-state index contributed by atoms with van der Waals surface area (Å²) in [6.07, 6.45) is 0. The zero-order valence-electron chi connectivity index (χ0n) is 12.8. The van der Waals surface area contributed by atoms with Crippen LogP contribution in [-0.4, -0.2) is 72.2 Å². The summed E-state index contributed by atoms with van der Waals surface area (Å²) in [7, 11) is 1.46. The Hall–Kier alpha value is -1.44. The van der Waals surface area contributed by atoms with Gasteiger partial charge in [-0.25, -0.2) is 0 Å². The van der Waals surface area contributed by atoms with Gasteiger partial charge >= 0.3 is 0 Å². The summed E-state index contributed by atoms with van der Waals surface area (Å²) in [5, 5.41) is 9.68. The summed E-state index contributed by atoms with van der Waals surface area (Å²) in [6.45, 7) is 0.439. The van der Waals surface area contributed by atoms with Gasteiger partial charge in [0.2, 0.25) is 11.8 Å². The molecule has 2 saturated heterocycles. The fourth-order valence-electron chi connectivity index (χ4n) is 3.59. The van der Waals surface area contributed by atoms with Crippen molar-refractivity contribution in [3.8, 4) is 0 Å². The minimum absolute atomic E-state index is 0.0214. The van der Waals surface area contributed by atoms with Crippen LogP contribution in [0.4, 0.5) is 0 Å². The lowest BCUT2D eigenvalue weighted by Gasteiger charge is -2.58. The van der Waals surface area contributed by atoms with Gasteiger partial charge in [0, 0.05) is 24.0 Å². The minimum Gasteiger partial charge on any atom is -0.394 e. The molecule has 0 spiro atoms. The lowest BCUT2D eigenvalue weighted by atomic mass is 9.74. The molecular formula is C16H19BrN2O4. The molecule has 2 amide bonds. The largest absolute Gasteiger partial charge is 0.394 e. The topological polar surface area (TPSA) is 70.1 Å². The van der Waals surface area contributed by atoms with E-state index < -0.39 is 0 Å². The van der Waals surface area contributed by atoms with Crippen LogP contribution in [0.3, 0.4) is 0 Å². The number of carbonyl (C=O) groups is 2. The van der Waals surface area contributed by atoms with E-state index in [0.717, 1.165) is 10.0 Å². The molecule has 1 aromatic rings. The zero-order valence-corrected chi connectivity index (χ0v) is 14.4. The Kier molecular flexibility index (Phi) is 4.70. The standard InChI is InChI=1S/C16H19BrN2O4/c1-23-9-15(22)18-6-12-16(10-2-4-11(17)5-3-10)13(8-20)19(12)14(21)7-18/h2-5,12-13,16,20H,6-9H2,1H3/t12-,13+,16+/m0/s1. The van der Waals surface area contributed by atoms with Gasteiger partial charge in [0.15, 0.2) is 0 Å². The molecule has 1 aromatic carbocycles. The molecule has 0 radical (unpaired) electrons. The van der Waals surface area contributed by atoms with Crippen molar-refractivity contribution >= 4 is 27.7 Å². The molecule has 0 bridgehead atoms. The van der Waals surface area contributed by atoms with E-state index in [-0.39, 0.29) is 49.6 Å². The van der Waals surface area contributed by atoms with Gasteiger partial charge in [0.1, 0.15) is 6.61 Å². The smallest absolute Gasteiger partial charge is 0.249 e. The van der Waals surface area contributed by atoms with Crippen LogP contribution in [0.5, 0.6) is 0 Å². The van der Waals surface area contributed by atoms with E-state index >= 15 is 0 Å². The molecule has 3 rings (SSSR count). The molecule has 2 aliphatic rings. The molecule has 2 fully saturated rings. The fraction of sp³-hybridized carbons (Fsp3) is 0.500. The summed E-state index contributed by atoms with van der Waals surface area (Å²) in [5.74, 6) is -0.254. The molecule has 7 heteroatoms. The second-order valence-electron chi connectivity index (χ2n) is 5.90. The first-order valence-corrected chi connectivity index (χ1v) is 8.30. The molecular weight excluding hydrogens is 364 g/mol. The van der Waals surface area contributed by atoms with Gasteiger partial charge < -0.3 is 19.6 Å². The van der Waals surface area contributed by atoms with Gasteiger partial charge in [-0.3, -0.25) is 9.59 Å². The maximum atomic E-state index is 12.3. The summed E-state index contributed by atoms with van der Waals surface area (Å²) in [4.78, 5) is 27.7. The Balaban J connectivity index is 1.82. The van der Waals surface area contributed by atoms with Crippen LogP contribution in [-0.2, 0) is 14.3 Å². The van der Waals surface area contributed by atoms with E-state index in [1.165, 1.54) is 7.11 Å². The van der Waals surface area contributed by atoms with E-state index in [1.807, 2.05) is 24.3 Å². The number of hydrogen-bond acceptors (Lipinski definition) is 4. The van der Waals surface area contributed by atoms with Crippen molar-refractivity contribution in [2.24, 2.45) is 0 Å². The summed E-state index contributed by atoms with van der Waals surface area (Å²) < 4.78 is 5.86. The van der Waals surface area contributed by atoms with Gasteiger partial charge in [-0.1, -0.05) is 28.1 Å². The number of fused-ring (bicyclic) bond motifs is 1. The van der Waals surface area contributed by atoms with E-state index in [1.54, 1.807) is 9.80 Å². The van der Waals surface area contributed by atoms with E-state index in [0.29, 0.717) is 6.54 Å². The number of nitrogens with zero attached hydrogens (tertiary/aromatic N) is 2.